The van der Waals surface area contributed by atoms with Crippen LogP contribution in [0.25, 0.3) is 0 Å². The summed E-state index contributed by atoms with van der Waals surface area (Å²) in [5.41, 5.74) is 0. The first-order chi connectivity index (χ1) is 7.75. The Morgan fingerprint density at radius 1 is 1.12 bits per heavy atom. The molecule has 1 heterocycles. The molecule has 2 nitrogen and oxygen atoms in total. The van der Waals surface area contributed by atoms with E-state index in [2.05, 4.69) is 12.1 Å². The fourth-order valence-corrected chi connectivity index (χ4v) is 4.23. The van der Waals surface area contributed by atoms with Crippen LogP contribution in [0, 0.1) is 0 Å². The van der Waals surface area contributed by atoms with E-state index in [4.69, 9.17) is 4.74 Å². The van der Waals surface area contributed by atoms with Crippen molar-refractivity contribution < 1.29 is 9.53 Å². The SMILES string of the molecule is CC(=O)Oc1ccc([S+]2CCCCC2)cc1. The molecule has 0 N–H and O–H groups in total. The smallest absolute Gasteiger partial charge is 0.308 e. The first kappa shape index (κ1) is 11.5. The molecule has 1 aliphatic heterocycles. The zero-order chi connectivity index (χ0) is 11.4. The summed E-state index contributed by atoms with van der Waals surface area (Å²) in [4.78, 5) is 12.2. The molecule has 0 bridgehead atoms. The van der Waals surface area contributed by atoms with Gasteiger partial charge >= 0.3 is 5.97 Å². The minimum absolute atomic E-state index is 0.257. The average Bonchev–Trinajstić information content (AvgIpc) is 2.30. The largest absolute Gasteiger partial charge is 0.427 e. The quantitative estimate of drug-likeness (QED) is 0.449. The lowest BCUT2D eigenvalue weighted by Crippen LogP contribution is -2.17. The third-order valence-corrected chi connectivity index (χ3v) is 5.20. The topological polar surface area (TPSA) is 26.3 Å². The standard InChI is InChI=1S/C13H17O2S/c1-11(14)15-12-5-7-13(8-6-12)16-9-3-2-4-10-16/h5-8H,2-4,9-10H2,1H3/q+1. The van der Waals surface area contributed by atoms with Gasteiger partial charge in [-0.05, 0) is 43.5 Å². The van der Waals surface area contributed by atoms with E-state index >= 15 is 0 Å². The van der Waals surface area contributed by atoms with Crippen LogP contribution in [-0.2, 0) is 15.7 Å². The van der Waals surface area contributed by atoms with Gasteiger partial charge in [-0.1, -0.05) is 0 Å². The fourth-order valence-electron chi connectivity index (χ4n) is 1.93. The summed E-state index contributed by atoms with van der Waals surface area (Å²) in [6, 6.07) is 8.01. The summed E-state index contributed by atoms with van der Waals surface area (Å²) in [5.74, 6) is 3.05. The zero-order valence-corrected chi connectivity index (χ0v) is 10.4. The molecule has 86 valence electrons. The monoisotopic (exact) mass is 237 g/mol. The molecule has 0 radical (unpaired) electrons. The Hall–Kier alpha value is -0.960. The van der Waals surface area contributed by atoms with Crippen molar-refractivity contribution in [3.05, 3.63) is 24.3 Å². The molecule has 1 aliphatic rings. The van der Waals surface area contributed by atoms with E-state index in [0.29, 0.717) is 16.6 Å². The third kappa shape index (κ3) is 3.01. The Kier molecular flexibility index (Phi) is 3.88. The molecule has 3 heteroatoms. The van der Waals surface area contributed by atoms with Crippen molar-refractivity contribution in [1.29, 1.82) is 0 Å². The summed E-state index contributed by atoms with van der Waals surface area (Å²) < 4.78 is 5.02. The van der Waals surface area contributed by atoms with Crippen molar-refractivity contribution in [3.8, 4) is 5.75 Å². The van der Waals surface area contributed by atoms with Gasteiger partial charge < -0.3 is 4.74 Å². The van der Waals surface area contributed by atoms with Crippen LogP contribution in [0.1, 0.15) is 26.2 Å². The summed E-state index contributed by atoms with van der Waals surface area (Å²) >= 11 is 0. The lowest BCUT2D eigenvalue weighted by Gasteiger charge is -2.13. The number of esters is 1. The number of carbonyl (C=O) groups excluding carboxylic acids is 1. The highest BCUT2D eigenvalue weighted by atomic mass is 32.2. The Labute approximate surface area is 99.3 Å². The molecule has 0 aliphatic carbocycles. The molecule has 0 saturated carbocycles. The molecule has 0 unspecified atom stereocenters. The summed E-state index contributed by atoms with van der Waals surface area (Å²) in [7, 11) is 0.431. The zero-order valence-electron chi connectivity index (χ0n) is 9.57. The maximum atomic E-state index is 10.8. The Balaban J connectivity index is 2.03. The molecule has 16 heavy (non-hydrogen) atoms. The fraction of sp³-hybridized carbons (Fsp3) is 0.462. The molecule has 1 aromatic carbocycles. The van der Waals surface area contributed by atoms with E-state index in [-0.39, 0.29) is 5.97 Å². The van der Waals surface area contributed by atoms with E-state index in [1.165, 1.54) is 42.6 Å². The summed E-state index contributed by atoms with van der Waals surface area (Å²) in [5, 5.41) is 0. The predicted molar refractivity (Wildman–Crippen MR) is 67.0 cm³/mol. The number of benzene rings is 1. The van der Waals surface area contributed by atoms with E-state index in [1.54, 1.807) is 0 Å². The van der Waals surface area contributed by atoms with Crippen molar-refractivity contribution in [2.24, 2.45) is 0 Å². The highest BCUT2D eigenvalue weighted by Crippen LogP contribution is 2.24. The van der Waals surface area contributed by atoms with Gasteiger partial charge in [0.1, 0.15) is 17.3 Å². The molecule has 0 spiro atoms. The molecular formula is C13H17O2S+. The van der Waals surface area contributed by atoms with Crippen molar-refractivity contribution in [2.45, 2.75) is 31.1 Å². The highest BCUT2D eigenvalue weighted by molar-refractivity contribution is 7.96. The van der Waals surface area contributed by atoms with Crippen LogP contribution in [0.15, 0.2) is 29.2 Å². The van der Waals surface area contributed by atoms with Crippen molar-refractivity contribution in [3.63, 3.8) is 0 Å². The molecule has 0 aromatic heterocycles. The van der Waals surface area contributed by atoms with Gasteiger partial charge in [-0.25, -0.2) is 0 Å². The van der Waals surface area contributed by atoms with Gasteiger partial charge in [-0.2, -0.15) is 0 Å². The van der Waals surface area contributed by atoms with Crippen molar-refractivity contribution in [1.82, 2.24) is 0 Å². The minimum Gasteiger partial charge on any atom is -0.427 e. The molecule has 0 amide bonds. The molecule has 1 aromatic rings. The minimum atomic E-state index is -0.257. The first-order valence-electron chi connectivity index (χ1n) is 5.72. The molecular weight excluding hydrogens is 220 g/mol. The highest BCUT2D eigenvalue weighted by Gasteiger charge is 2.24. The van der Waals surface area contributed by atoms with Crippen molar-refractivity contribution >= 4 is 16.9 Å². The second-order valence-electron chi connectivity index (χ2n) is 4.03. The second kappa shape index (κ2) is 5.39. The van der Waals surface area contributed by atoms with Crippen LogP contribution in [0.4, 0.5) is 0 Å². The number of hydrogen-bond donors (Lipinski definition) is 0. The van der Waals surface area contributed by atoms with Crippen LogP contribution in [0.3, 0.4) is 0 Å². The van der Waals surface area contributed by atoms with Gasteiger partial charge in [0, 0.05) is 17.8 Å². The Bertz CT molecular complexity index is 353. The average molecular weight is 237 g/mol. The number of hydrogen-bond acceptors (Lipinski definition) is 2. The lowest BCUT2D eigenvalue weighted by atomic mass is 10.3. The summed E-state index contributed by atoms with van der Waals surface area (Å²) in [6.45, 7) is 1.43. The van der Waals surface area contributed by atoms with Gasteiger partial charge in [0.05, 0.1) is 0 Å². The van der Waals surface area contributed by atoms with Crippen LogP contribution < -0.4 is 4.74 Å². The van der Waals surface area contributed by atoms with Gasteiger partial charge in [0.25, 0.3) is 0 Å². The van der Waals surface area contributed by atoms with E-state index in [0.717, 1.165) is 0 Å². The maximum absolute atomic E-state index is 10.8. The van der Waals surface area contributed by atoms with Crippen LogP contribution in [0.5, 0.6) is 5.75 Å². The van der Waals surface area contributed by atoms with E-state index in [1.807, 2.05) is 12.1 Å². The number of carbonyl (C=O) groups is 1. The third-order valence-electron chi connectivity index (χ3n) is 2.70. The van der Waals surface area contributed by atoms with Crippen LogP contribution in [0.2, 0.25) is 0 Å². The Morgan fingerprint density at radius 3 is 2.31 bits per heavy atom. The molecule has 2 rings (SSSR count). The van der Waals surface area contributed by atoms with Gasteiger partial charge in [0.2, 0.25) is 0 Å². The van der Waals surface area contributed by atoms with Gasteiger partial charge in [0.15, 0.2) is 4.90 Å². The maximum Gasteiger partial charge on any atom is 0.308 e. The van der Waals surface area contributed by atoms with Gasteiger partial charge in [-0.3, -0.25) is 4.79 Å². The van der Waals surface area contributed by atoms with Crippen LogP contribution in [-0.4, -0.2) is 17.5 Å². The molecule has 1 saturated heterocycles. The summed E-state index contributed by atoms with van der Waals surface area (Å²) in [6.07, 6.45) is 4.10. The van der Waals surface area contributed by atoms with Gasteiger partial charge in [-0.15, -0.1) is 0 Å². The molecule has 0 atom stereocenters. The van der Waals surface area contributed by atoms with E-state index in [9.17, 15) is 4.79 Å². The normalized spacial score (nSPS) is 17.1. The first-order valence-corrected chi connectivity index (χ1v) is 7.28. The van der Waals surface area contributed by atoms with Crippen molar-refractivity contribution in [2.75, 3.05) is 11.5 Å². The number of rotatable bonds is 2. The lowest BCUT2D eigenvalue weighted by molar-refractivity contribution is -0.131. The van der Waals surface area contributed by atoms with Crippen LogP contribution >= 0.6 is 0 Å². The number of ether oxygens (including phenoxy) is 1. The Morgan fingerprint density at radius 2 is 1.75 bits per heavy atom. The van der Waals surface area contributed by atoms with E-state index < -0.39 is 0 Å². The molecule has 1 fully saturated rings. The second-order valence-corrected chi connectivity index (χ2v) is 6.30. The predicted octanol–water partition coefficient (Wildman–Crippen LogP) is 2.77.